The second kappa shape index (κ2) is 8.29. The maximum atomic E-state index is 8.81. The summed E-state index contributed by atoms with van der Waals surface area (Å²) in [6.45, 7) is 5.03. The number of nitrogens with two attached hydrogens (primary N) is 1. The molecule has 0 spiro atoms. The number of benzene rings is 1. The van der Waals surface area contributed by atoms with Crippen molar-refractivity contribution in [2.24, 2.45) is 5.14 Å². The molecule has 0 saturated heterocycles. The molecule has 3 N–H and O–H groups in total. The summed E-state index contributed by atoms with van der Waals surface area (Å²) in [5.41, 5.74) is 4.86. The highest BCUT2D eigenvalue weighted by atomic mass is 32.2. The molecule has 6 heteroatoms. The summed E-state index contributed by atoms with van der Waals surface area (Å²) in [7, 11) is -2.62. The van der Waals surface area contributed by atoms with Gasteiger partial charge in [-0.1, -0.05) is 18.2 Å². The molecule has 0 bridgehead atoms. The van der Waals surface area contributed by atoms with Gasteiger partial charge in [-0.25, -0.2) is 13.6 Å². The van der Waals surface area contributed by atoms with E-state index >= 15 is 0 Å². The fraction of sp³-hybridized carbons (Fsp3) is 0.214. The summed E-state index contributed by atoms with van der Waals surface area (Å²) >= 11 is 0. The van der Waals surface area contributed by atoms with Crippen molar-refractivity contribution >= 4 is 16.6 Å². The van der Waals surface area contributed by atoms with Gasteiger partial charge in [-0.2, -0.15) is 0 Å². The SMILES string of the molecule is Cc1cccc(NCc2ccccn2)c1C.N[SH](=O)=O. The molecule has 2 rings (SSSR count). The summed E-state index contributed by atoms with van der Waals surface area (Å²) < 4.78 is 17.6. The van der Waals surface area contributed by atoms with Crippen LogP contribution in [0.1, 0.15) is 16.8 Å². The Morgan fingerprint density at radius 2 is 1.85 bits per heavy atom. The smallest absolute Gasteiger partial charge is 0.198 e. The highest BCUT2D eigenvalue weighted by Gasteiger charge is 2.00. The average Bonchev–Trinajstić information content (AvgIpc) is 2.41. The molecule has 0 radical (unpaired) electrons. The maximum Gasteiger partial charge on any atom is 0.198 e. The Kier molecular flexibility index (Phi) is 6.69. The van der Waals surface area contributed by atoms with Crippen LogP contribution in [0.2, 0.25) is 0 Å². The molecule has 1 heterocycles. The minimum Gasteiger partial charge on any atom is -0.379 e. The Hall–Kier alpha value is -1.92. The molecular weight excluding hydrogens is 274 g/mol. The fourth-order valence-electron chi connectivity index (χ4n) is 1.63. The molecule has 2 aromatic rings. The van der Waals surface area contributed by atoms with E-state index < -0.39 is 10.9 Å². The minimum absolute atomic E-state index is 0.769. The monoisotopic (exact) mass is 293 g/mol. The van der Waals surface area contributed by atoms with E-state index in [2.05, 4.69) is 47.5 Å². The largest absolute Gasteiger partial charge is 0.379 e. The van der Waals surface area contributed by atoms with Crippen molar-refractivity contribution in [2.75, 3.05) is 5.32 Å². The van der Waals surface area contributed by atoms with Crippen LogP contribution in [0.3, 0.4) is 0 Å². The van der Waals surface area contributed by atoms with Crippen LogP contribution in [0.4, 0.5) is 5.69 Å². The predicted molar refractivity (Wildman–Crippen MR) is 82.0 cm³/mol. The lowest BCUT2D eigenvalue weighted by Gasteiger charge is -2.10. The van der Waals surface area contributed by atoms with Gasteiger partial charge in [0.2, 0.25) is 0 Å². The third kappa shape index (κ3) is 5.81. The standard InChI is InChI=1S/C14H16N2.H3NO2S/c1-11-6-5-8-14(12(11)2)16-10-13-7-3-4-9-15-13;1-4(2)3/h3-9,16H,10H2,1-2H3;4H,(H2,1,2,3). The number of hydrogen-bond donors (Lipinski definition) is 3. The van der Waals surface area contributed by atoms with E-state index in [-0.39, 0.29) is 0 Å². The second-order valence-electron chi connectivity index (χ2n) is 4.21. The molecule has 0 aliphatic carbocycles. The number of nitrogens with zero attached hydrogens (tertiary/aromatic N) is 1. The first-order valence-corrected chi connectivity index (χ1v) is 7.34. The fourth-order valence-corrected chi connectivity index (χ4v) is 1.63. The molecule has 0 atom stereocenters. The summed E-state index contributed by atoms with van der Waals surface area (Å²) in [5.74, 6) is 0. The van der Waals surface area contributed by atoms with Gasteiger partial charge in [-0.15, -0.1) is 0 Å². The number of rotatable bonds is 3. The molecule has 0 unspecified atom stereocenters. The van der Waals surface area contributed by atoms with Crippen molar-refractivity contribution in [3.8, 4) is 0 Å². The molecule has 108 valence electrons. The van der Waals surface area contributed by atoms with Crippen molar-refractivity contribution in [1.82, 2.24) is 4.98 Å². The van der Waals surface area contributed by atoms with Crippen LogP contribution in [0.25, 0.3) is 0 Å². The zero-order valence-corrected chi connectivity index (χ0v) is 12.4. The highest BCUT2D eigenvalue weighted by molar-refractivity contribution is 7.69. The molecule has 0 fully saturated rings. The average molecular weight is 293 g/mol. The molecule has 20 heavy (non-hydrogen) atoms. The summed E-state index contributed by atoms with van der Waals surface area (Å²) in [6.07, 6.45) is 1.82. The lowest BCUT2D eigenvalue weighted by Crippen LogP contribution is -2.03. The van der Waals surface area contributed by atoms with Gasteiger partial charge in [0.15, 0.2) is 10.9 Å². The minimum atomic E-state index is -2.62. The van der Waals surface area contributed by atoms with Crippen LogP contribution in [0.5, 0.6) is 0 Å². The van der Waals surface area contributed by atoms with Crippen LogP contribution in [-0.2, 0) is 17.4 Å². The Morgan fingerprint density at radius 3 is 2.45 bits per heavy atom. The normalized spacial score (nSPS) is 9.80. The number of pyridine rings is 1. The van der Waals surface area contributed by atoms with Crippen LogP contribution >= 0.6 is 0 Å². The first-order chi connectivity index (χ1) is 9.50. The van der Waals surface area contributed by atoms with Gasteiger partial charge in [-0.3, -0.25) is 4.98 Å². The van der Waals surface area contributed by atoms with Crippen molar-refractivity contribution in [1.29, 1.82) is 0 Å². The molecule has 5 nitrogen and oxygen atoms in total. The lowest BCUT2D eigenvalue weighted by atomic mass is 10.1. The Balaban J connectivity index is 0.000000444. The summed E-state index contributed by atoms with van der Waals surface area (Å²) in [5, 5.41) is 7.47. The van der Waals surface area contributed by atoms with E-state index in [0.717, 1.165) is 12.2 Å². The predicted octanol–water partition coefficient (Wildman–Crippen LogP) is 1.78. The number of hydrogen-bond acceptors (Lipinski definition) is 4. The number of aromatic nitrogens is 1. The number of aryl methyl sites for hydroxylation is 1. The van der Waals surface area contributed by atoms with Gasteiger partial charge >= 0.3 is 0 Å². The Morgan fingerprint density at radius 1 is 1.15 bits per heavy atom. The van der Waals surface area contributed by atoms with Gasteiger partial charge in [-0.05, 0) is 43.2 Å². The van der Waals surface area contributed by atoms with Crippen LogP contribution < -0.4 is 10.5 Å². The Bertz CT molecular complexity index is 605. The Labute approximate surface area is 120 Å². The first kappa shape index (κ1) is 16.1. The van der Waals surface area contributed by atoms with Crippen molar-refractivity contribution in [3.63, 3.8) is 0 Å². The second-order valence-corrected chi connectivity index (χ2v) is 4.78. The van der Waals surface area contributed by atoms with E-state index in [0.29, 0.717) is 0 Å². The molecular formula is C14H19N3O2S. The summed E-state index contributed by atoms with van der Waals surface area (Å²) in [4.78, 5) is 4.28. The molecule has 0 aliphatic rings. The third-order valence-corrected chi connectivity index (χ3v) is 2.79. The number of anilines is 1. The zero-order valence-electron chi connectivity index (χ0n) is 11.5. The van der Waals surface area contributed by atoms with Crippen LogP contribution in [0, 0.1) is 13.8 Å². The highest BCUT2D eigenvalue weighted by Crippen LogP contribution is 2.18. The van der Waals surface area contributed by atoms with E-state index in [4.69, 9.17) is 8.42 Å². The molecule has 0 saturated carbocycles. The van der Waals surface area contributed by atoms with Gasteiger partial charge in [0, 0.05) is 11.9 Å². The van der Waals surface area contributed by atoms with E-state index in [1.807, 2.05) is 24.4 Å². The van der Waals surface area contributed by atoms with Crippen LogP contribution in [0.15, 0.2) is 42.6 Å². The van der Waals surface area contributed by atoms with Gasteiger partial charge in [0.1, 0.15) is 0 Å². The number of thiol groups is 1. The van der Waals surface area contributed by atoms with E-state index in [1.165, 1.54) is 16.8 Å². The molecule has 0 aliphatic heterocycles. The van der Waals surface area contributed by atoms with Gasteiger partial charge < -0.3 is 5.32 Å². The van der Waals surface area contributed by atoms with E-state index in [1.54, 1.807) is 0 Å². The van der Waals surface area contributed by atoms with E-state index in [9.17, 15) is 0 Å². The third-order valence-electron chi connectivity index (χ3n) is 2.79. The molecule has 0 amide bonds. The maximum absolute atomic E-state index is 8.81. The van der Waals surface area contributed by atoms with Crippen LogP contribution in [-0.4, -0.2) is 13.4 Å². The lowest BCUT2D eigenvalue weighted by molar-refractivity contribution is 0.616. The van der Waals surface area contributed by atoms with Crippen molar-refractivity contribution < 1.29 is 8.42 Å². The molecule has 1 aromatic carbocycles. The topological polar surface area (TPSA) is 85.1 Å². The number of nitrogens with one attached hydrogen (secondary N) is 1. The first-order valence-electron chi connectivity index (χ1n) is 6.09. The quantitative estimate of drug-likeness (QED) is 0.753. The molecule has 1 aromatic heterocycles. The van der Waals surface area contributed by atoms with Gasteiger partial charge in [0.05, 0.1) is 12.2 Å². The van der Waals surface area contributed by atoms with Crippen molar-refractivity contribution in [3.05, 3.63) is 59.4 Å². The summed E-state index contributed by atoms with van der Waals surface area (Å²) in [6, 6.07) is 12.3. The van der Waals surface area contributed by atoms with Crippen molar-refractivity contribution in [2.45, 2.75) is 20.4 Å². The van der Waals surface area contributed by atoms with Gasteiger partial charge in [0.25, 0.3) is 0 Å². The zero-order chi connectivity index (χ0) is 15.0.